The Labute approximate surface area is 515 Å². The van der Waals surface area contributed by atoms with Crippen LogP contribution in [0.5, 0.6) is 0 Å². The van der Waals surface area contributed by atoms with E-state index in [0.29, 0.717) is 12.8 Å². The molecule has 0 aliphatic heterocycles. The smallest absolute Gasteiger partial charge is 0.249 e. The van der Waals surface area contributed by atoms with Crippen molar-refractivity contribution in [2.24, 2.45) is 0 Å². The first-order valence-electron chi connectivity index (χ1n) is 38.4. The number of aliphatic hydroxyl groups excluding tert-OH is 4. The number of amides is 1. The Morgan fingerprint density at radius 2 is 0.415 bits per heavy atom. The molecule has 6 heteroatoms. The van der Waals surface area contributed by atoms with Gasteiger partial charge >= 0.3 is 0 Å². The highest BCUT2D eigenvalue weighted by molar-refractivity contribution is 5.80. The molecule has 0 saturated carbocycles. The summed E-state index contributed by atoms with van der Waals surface area (Å²) < 4.78 is 0. The van der Waals surface area contributed by atoms with E-state index in [0.717, 1.165) is 38.5 Å². The molecule has 1 amide bonds. The molecule has 5 N–H and O–H groups in total. The maximum absolute atomic E-state index is 12.7. The van der Waals surface area contributed by atoms with Gasteiger partial charge in [-0.3, -0.25) is 4.79 Å². The summed E-state index contributed by atoms with van der Waals surface area (Å²) in [6, 6.07) is -0.983. The van der Waals surface area contributed by atoms with Crippen LogP contribution in [0.1, 0.15) is 450 Å². The average molecular weight is 1160 g/mol. The van der Waals surface area contributed by atoms with Crippen molar-refractivity contribution in [3.05, 3.63) is 0 Å². The van der Waals surface area contributed by atoms with Gasteiger partial charge in [-0.2, -0.15) is 0 Å². The third kappa shape index (κ3) is 63.8. The zero-order valence-electron chi connectivity index (χ0n) is 56.3. The summed E-state index contributed by atoms with van der Waals surface area (Å²) in [6.07, 6.45) is 88.4. The Kier molecular flexibility index (Phi) is 70.5. The fourth-order valence-corrected chi connectivity index (χ4v) is 12.9. The molecule has 0 aromatic rings. The summed E-state index contributed by atoms with van der Waals surface area (Å²) in [5.41, 5.74) is 0. The van der Waals surface area contributed by atoms with Gasteiger partial charge in [-0.15, -0.1) is 0 Å². The van der Waals surface area contributed by atoms with Crippen LogP contribution in [0.25, 0.3) is 0 Å². The Morgan fingerprint density at radius 3 is 0.585 bits per heavy atom. The van der Waals surface area contributed by atoms with Crippen LogP contribution in [0, 0.1) is 0 Å². The van der Waals surface area contributed by atoms with Crippen LogP contribution in [0.15, 0.2) is 0 Å². The molecule has 0 aromatic heterocycles. The Bertz CT molecular complexity index is 1170. The van der Waals surface area contributed by atoms with E-state index in [4.69, 9.17) is 0 Å². The monoisotopic (exact) mass is 1160 g/mol. The first-order valence-corrected chi connectivity index (χ1v) is 38.4. The summed E-state index contributed by atoms with van der Waals surface area (Å²) >= 11 is 0. The fraction of sp³-hybridized carbons (Fsp3) is 0.987. The molecule has 0 rings (SSSR count). The second-order valence-electron chi connectivity index (χ2n) is 27.1. The van der Waals surface area contributed by atoms with Gasteiger partial charge in [0.05, 0.1) is 18.8 Å². The predicted octanol–water partition coefficient (Wildman–Crippen LogP) is 24.1. The van der Waals surface area contributed by atoms with Crippen LogP contribution in [-0.4, -0.2) is 57.3 Å². The Hall–Kier alpha value is -0.690. The van der Waals surface area contributed by atoms with E-state index in [1.54, 1.807) is 0 Å². The Morgan fingerprint density at radius 1 is 0.256 bits per heavy atom. The number of aliphatic hydroxyl groups is 4. The molecule has 0 spiro atoms. The van der Waals surface area contributed by atoms with Crippen molar-refractivity contribution in [3.63, 3.8) is 0 Å². The molecule has 0 aliphatic rings. The summed E-state index contributed by atoms with van der Waals surface area (Å²) in [4.78, 5) is 12.7. The van der Waals surface area contributed by atoms with Gasteiger partial charge in [-0.05, 0) is 12.8 Å². The predicted molar refractivity (Wildman–Crippen MR) is 362 cm³/mol. The van der Waals surface area contributed by atoms with Crippen molar-refractivity contribution >= 4 is 5.91 Å². The maximum atomic E-state index is 12.7. The van der Waals surface area contributed by atoms with E-state index in [2.05, 4.69) is 19.2 Å². The lowest BCUT2D eigenvalue weighted by Crippen LogP contribution is -2.53. The number of hydrogen-bond donors (Lipinski definition) is 5. The molecule has 0 heterocycles. The lowest BCUT2D eigenvalue weighted by Gasteiger charge is -2.27. The van der Waals surface area contributed by atoms with Crippen LogP contribution in [0.2, 0.25) is 0 Å². The maximum Gasteiger partial charge on any atom is 0.249 e. The number of carbonyl (C=O) groups is 1. The highest BCUT2D eigenvalue weighted by Crippen LogP contribution is 2.21. The summed E-state index contributed by atoms with van der Waals surface area (Å²) in [7, 11) is 0. The quantitative estimate of drug-likeness (QED) is 0.0390. The molecule has 0 saturated heterocycles. The van der Waals surface area contributed by atoms with Crippen LogP contribution >= 0.6 is 0 Å². The third-order valence-electron chi connectivity index (χ3n) is 18.8. The zero-order chi connectivity index (χ0) is 59.4. The minimum atomic E-state index is -1.26. The Balaban J connectivity index is 3.46. The number of rotatable bonds is 73. The van der Waals surface area contributed by atoms with E-state index in [1.165, 1.54) is 385 Å². The molecular weight excluding hydrogens is 1010 g/mol. The van der Waals surface area contributed by atoms with Gasteiger partial charge in [0.2, 0.25) is 5.91 Å². The van der Waals surface area contributed by atoms with Crippen molar-refractivity contribution in [1.82, 2.24) is 5.32 Å². The van der Waals surface area contributed by atoms with Gasteiger partial charge in [0.15, 0.2) is 0 Å². The van der Waals surface area contributed by atoms with Crippen LogP contribution in [-0.2, 0) is 4.79 Å². The summed E-state index contributed by atoms with van der Waals surface area (Å²) in [5.74, 6) is -0.572. The van der Waals surface area contributed by atoms with Crippen molar-refractivity contribution in [2.75, 3.05) is 6.61 Å². The van der Waals surface area contributed by atoms with Crippen molar-refractivity contribution in [1.29, 1.82) is 0 Å². The van der Waals surface area contributed by atoms with Gasteiger partial charge in [0.25, 0.3) is 0 Å². The first-order chi connectivity index (χ1) is 40.5. The molecule has 6 nitrogen and oxygen atoms in total. The van der Waals surface area contributed by atoms with Crippen LogP contribution < -0.4 is 5.32 Å². The van der Waals surface area contributed by atoms with E-state index in [1.807, 2.05) is 0 Å². The topological polar surface area (TPSA) is 110 Å². The number of carbonyl (C=O) groups excluding carboxylic acids is 1. The molecule has 0 bridgehead atoms. The largest absolute Gasteiger partial charge is 0.394 e. The zero-order valence-corrected chi connectivity index (χ0v) is 56.3. The van der Waals surface area contributed by atoms with Crippen molar-refractivity contribution in [3.8, 4) is 0 Å². The molecule has 4 unspecified atom stereocenters. The number of hydrogen-bond acceptors (Lipinski definition) is 5. The normalized spacial score (nSPS) is 13.3. The SMILES string of the molecule is CCCCCCCCCCCCCCCCCCCCCCCCCCCCCCCCCCCCCCCCC(O)C(=O)NC(CO)C(O)C(O)CCCCCCCCCCCCCCCCCCCCCCCCCCCCCC. The lowest BCUT2D eigenvalue weighted by molar-refractivity contribution is -0.132. The molecule has 0 fully saturated rings. The van der Waals surface area contributed by atoms with Gasteiger partial charge in [0, 0.05) is 0 Å². The molecule has 492 valence electrons. The second kappa shape index (κ2) is 71.1. The second-order valence-corrected chi connectivity index (χ2v) is 27.1. The van der Waals surface area contributed by atoms with Crippen LogP contribution in [0.3, 0.4) is 0 Å². The molecule has 0 aromatic carbocycles. The van der Waals surface area contributed by atoms with E-state index in [-0.39, 0.29) is 0 Å². The van der Waals surface area contributed by atoms with Crippen molar-refractivity contribution in [2.45, 2.75) is 475 Å². The average Bonchev–Trinajstić information content (AvgIpc) is 3.48. The highest BCUT2D eigenvalue weighted by atomic mass is 16.3. The fourth-order valence-electron chi connectivity index (χ4n) is 12.9. The molecular formula is C76H153NO5. The van der Waals surface area contributed by atoms with Gasteiger partial charge in [-0.25, -0.2) is 0 Å². The summed E-state index contributed by atoms with van der Waals surface area (Å²) in [6.45, 7) is 4.13. The van der Waals surface area contributed by atoms with E-state index in [9.17, 15) is 25.2 Å². The van der Waals surface area contributed by atoms with Crippen LogP contribution in [0.4, 0.5) is 0 Å². The molecule has 82 heavy (non-hydrogen) atoms. The van der Waals surface area contributed by atoms with Gasteiger partial charge < -0.3 is 25.7 Å². The van der Waals surface area contributed by atoms with Gasteiger partial charge in [-0.1, -0.05) is 438 Å². The van der Waals surface area contributed by atoms with Crippen molar-refractivity contribution < 1.29 is 25.2 Å². The molecule has 0 radical (unpaired) electrons. The number of unbranched alkanes of at least 4 members (excludes halogenated alkanes) is 64. The standard InChI is InChI=1S/C76H153NO5/c1-3-5-7-9-11-13-15-17-19-21-23-25-27-29-31-33-34-35-36-37-38-39-40-41-42-44-46-48-50-52-54-56-58-60-62-64-66-68-70-74(80)76(82)77-72(71-78)75(81)73(79)69-67-65-63-61-59-57-55-53-51-49-47-45-43-32-30-28-26-24-22-20-18-16-14-12-10-8-6-4-2/h72-75,78-81H,3-71H2,1-2H3,(H,77,82). The molecule has 4 atom stereocenters. The van der Waals surface area contributed by atoms with Gasteiger partial charge in [0.1, 0.15) is 12.2 Å². The lowest BCUT2D eigenvalue weighted by atomic mass is 9.99. The summed E-state index contributed by atoms with van der Waals surface area (Å²) in [5, 5.41) is 44.3. The van der Waals surface area contributed by atoms with E-state index >= 15 is 0 Å². The van der Waals surface area contributed by atoms with E-state index < -0.39 is 36.9 Å². The minimum absolute atomic E-state index is 0.377. The first kappa shape index (κ1) is 81.3. The third-order valence-corrected chi connectivity index (χ3v) is 18.8. The molecule has 0 aliphatic carbocycles. The highest BCUT2D eigenvalue weighted by Gasteiger charge is 2.29. The minimum Gasteiger partial charge on any atom is -0.394 e. The number of nitrogens with one attached hydrogen (secondary N) is 1.